The molecule has 0 amide bonds. The van der Waals surface area contributed by atoms with Crippen molar-refractivity contribution in [3.63, 3.8) is 0 Å². The van der Waals surface area contributed by atoms with Gasteiger partial charge in [-0.1, -0.05) is 58.4 Å². The van der Waals surface area contributed by atoms with Crippen LogP contribution in [0.4, 0.5) is 0 Å². The zero-order valence-electron chi connectivity index (χ0n) is 10.3. The number of unbranched alkanes of at least 4 members (excludes halogenated alkanes) is 1. The molecule has 0 spiro atoms. The average Bonchev–Trinajstić information content (AvgIpc) is 2.45. The van der Waals surface area contributed by atoms with Crippen molar-refractivity contribution in [2.45, 2.75) is 12.8 Å². The third-order valence-corrected chi connectivity index (χ3v) is 3.32. The minimum atomic E-state index is 0.788. The van der Waals surface area contributed by atoms with Gasteiger partial charge >= 0.3 is 0 Å². The van der Waals surface area contributed by atoms with E-state index in [1.807, 2.05) is 18.2 Å². The molecule has 2 aromatic rings. The van der Waals surface area contributed by atoms with Crippen LogP contribution in [0.3, 0.4) is 0 Å². The molecule has 0 N–H and O–H groups in total. The number of hydrogen-bond acceptors (Lipinski definition) is 1. The van der Waals surface area contributed by atoms with E-state index >= 15 is 0 Å². The van der Waals surface area contributed by atoms with E-state index in [-0.39, 0.29) is 0 Å². The van der Waals surface area contributed by atoms with Crippen LogP contribution in [-0.2, 0) is 0 Å². The molecule has 1 nitrogen and oxygen atoms in total. The van der Waals surface area contributed by atoms with Gasteiger partial charge in [0.15, 0.2) is 0 Å². The van der Waals surface area contributed by atoms with Gasteiger partial charge in [0.05, 0.1) is 6.61 Å². The van der Waals surface area contributed by atoms with Crippen LogP contribution in [0.5, 0.6) is 5.75 Å². The average molecular weight is 305 g/mol. The Morgan fingerprint density at radius 3 is 2.11 bits per heavy atom. The molecular formula is C16H17BrO. The van der Waals surface area contributed by atoms with Crippen LogP contribution in [0, 0.1) is 0 Å². The molecule has 0 heterocycles. The molecule has 0 radical (unpaired) electrons. The van der Waals surface area contributed by atoms with E-state index in [1.165, 1.54) is 11.1 Å². The first-order valence-electron chi connectivity index (χ1n) is 6.24. The molecule has 0 unspecified atom stereocenters. The fraction of sp³-hybridized carbons (Fsp3) is 0.250. The smallest absolute Gasteiger partial charge is 0.119 e. The fourth-order valence-electron chi connectivity index (χ4n) is 1.76. The molecule has 94 valence electrons. The molecule has 2 aromatic carbocycles. The van der Waals surface area contributed by atoms with Gasteiger partial charge in [-0.05, 0) is 36.1 Å². The Kier molecular flexibility index (Phi) is 5.28. The normalized spacial score (nSPS) is 10.3. The van der Waals surface area contributed by atoms with Crippen LogP contribution in [0.1, 0.15) is 12.8 Å². The van der Waals surface area contributed by atoms with Crippen molar-refractivity contribution in [3.8, 4) is 16.9 Å². The monoisotopic (exact) mass is 304 g/mol. The number of rotatable bonds is 6. The Morgan fingerprint density at radius 2 is 1.44 bits per heavy atom. The van der Waals surface area contributed by atoms with E-state index in [9.17, 15) is 0 Å². The number of hydrogen-bond donors (Lipinski definition) is 0. The van der Waals surface area contributed by atoms with Crippen LogP contribution in [0.2, 0.25) is 0 Å². The van der Waals surface area contributed by atoms with Gasteiger partial charge < -0.3 is 4.74 Å². The number of ether oxygens (including phenoxy) is 1. The maximum Gasteiger partial charge on any atom is 0.119 e. The van der Waals surface area contributed by atoms with Gasteiger partial charge in [0.25, 0.3) is 0 Å². The van der Waals surface area contributed by atoms with Crippen LogP contribution in [0.25, 0.3) is 11.1 Å². The minimum absolute atomic E-state index is 0.788. The molecule has 0 bridgehead atoms. The third kappa shape index (κ3) is 3.88. The van der Waals surface area contributed by atoms with E-state index in [0.717, 1.165) is 30.5 Å². The molecular weight excluding hydrogens is 288 g/mol. The lowest BCUT2D eigenvalue weighted by Gasteiger charge is -2.07. The fourth-order valence-corrected chi connectivity index (χ4v) is 2.16. The highest BCUT2D eigenvalue weighted by atomic mass is 79.9. The second kappa shape index (κ2) is 7.22. The number of alkyl halides is 1. The van der Waals surface area contributed by atoms with Gasteiger partial charge in [-0.3, -0.25) is 0 Å². The van der Waals surface area contributed by atoms with Crippen molar-refractivity contribution in [3.05, 3.63) is 54.6 Å². The van der Waals surface area contributed by atoms with Crippen LogP contribution < -0.4 is 4.74 Å². The molecule has 0 saturated carbocycles. The molecule has 18 heavy (non-hydrogen) atoms. The zero-order valence-corrected chi connectivity index (χ0v) is 11.9. The minimum Gasteiger partial charge on any atom is -0.494 e. The summed E-state index contributed by atoms with van der Waals surface area (Å²) in [6.45, 7) is 0.788. The summed E-state index contributed by atoms with van der Waals surface area (Å²) in [6, 6.07) is 18.7. The summed E-state index contributed by atoms with van der Waals surface area (Å²) in [5, 5.41) is 1.04. The van der Waals surface area contributed by atoms with Crippen molar-refractivity contribution in [1.29, 1.82) is 0 Å². The highest BCUT2D eigenvalue weighted by Crippen LogP contribution is 2.22. The Morgan fingerprint density at radius 1 is 0.778 bits per heavy atom. The van der Waals surface area contributed by atoms with Crippen LogP contribution in [0.15, 0.2) is 54.6 Å². The van der Waals surface area contributed by atoms with Crippen LogP contribution in [-0.4, -0.2) is 11.9 Å². The Bertz CT molecular complexity index is 450. The van der Waals surface area contributed by atoms with Gasteiger partial charge in [-0.25, -0.2) is 0 Å². The molecule has 2 rings (SSSR count). The summed E-state index contributed by atoms with van der Waals surface area (Å²) in [5.41, 5.74) is 2.46. The van der Waals surface area contributed by atoms with Crippen molar-refractivity contribution < 1.29 is 4.74 Å². The van der Waals surface area contributed by atoms with Gasteiger partial charge in [0, 0.05) is 5.33 Å². The number of halogens is 1. The summed E-state index contributed by atoms with van der Waals surface area (Å²) in [4.78, 5) is 0. The molecule has 0 atom stereocenters. The van der Waals surface area contributed by atoms with E-state index in [4.69, 9.17) is 4.74 Å². The second-order valence-corrected chi connectivity index (χ2v) is 4.93. The molecule has 0 fully saturated rings. The van der Waals surface area contributed by atoms with E-state index in [1.54, 1.807) is 0 Å². The molecule has 0 aliphatic carbocycles. The van der Waals surface area contributed by atoms with Gasteiger partial charge in [-0.15, -0.1) is 0 Å². The summed E-state index contributed by atoms with van der Waals surface area (Å²) in [7, 11) is 0. The lowest BCUT2D eigenvalue weighted by Crippen LogP contribution is -1.97. The molecule has 0 aliphatic heterocycles. The standard InChI is InChI=1S/C16H17BrO/c17-12-4-5-13-18-16-10-8-15(9-11-16)14-6-2-1-3-7-14/h1-3,6-11H,4-5,12-13H2. The van der Waals surface area contributed by atoms with Crippen molar-refractivity contribution >= 4 is 15.9 Å². The maximum atomic E-state index is 5.68. The molecule has 2 heteroatoms. The quantitative estimate of drug-likeness (QED) is 0.544. The predicted molar refractivity (Wildman–Crippen MR) is 80.4 cm³/mol. The summed E-state index contributed by atoms with van der Waals surface area (Å²) in [5.74, 6) is 0.948. The van der Waals surface area contributed by atoms with Crippen molar-refractivity contribution in [1.82, 2.24) is 0 Å². The first-order valence-corrected chi connectivity index (χ1v) is 7.36. The molecule has 0 saturated heterocycles. The third-order valence-electron chi connectivity index (χ3n) is 2.76. The summed E-state index contributed by atoms with van der Waals surface area (Å²) >= 11 is 3.42. The summed E-state index contributed by atoms with van der Waals surface area (Å²) in [6.07, 6.45) is 2.24. The Labute approximate surface area is 117 Å². The molecule has 0 aliphatic rings. The first-order chi connectivity index (χ1) is 8.90. The van der Waals surface area contributed by atoms with Gasteiger partial charge in [0.1, 0.15) is 5.75 Å². The Balaban J connectivity index is 1.94. The highest BCUT2D eigenvalue weighted by molar-refractivity contribution is 9.09. The largest absolute Gasteiger partial charge is 0.494 e. The number of benzene rings is 2. The van der Waals surface area contributed by atoms with Crippen LogP contribution >= 0.6 is 15.9 Å². The highest BCUT2D eigenvalue weighted by Gasteiger charge is 1.97. The van der Waals surface area contributed by atoms with Crippen molar-refractivity contribution in [2.75, 3.05) is 11.9 Å². The predicted octanol–water partition coefficient (Wildman–Crippen LogP) is 4.91. The lowest BCUT2D eigenvalue weighted by molar-refractivity contribution is 0.310. The molecule has 0 aromatic heterocycles. The maximum absolute atomic E-state index is 5.68. The zero-order chi connectivity index (χ0) is 12.6. The summed E-state index contributed by atoms with van der Waals surface area (Å²) < 4.78 is 5.68. The van der Waals surface area contributed by atoms with E-state index in [2.05, 4.69) is 52.3 Å². The lowest BCUT2D eigenvalue weighted by atomic mass is 10.1. The van der Waals surface area contributed by atoms with Gasteiger partial charge in [-0.2, -0.15) is 0 Å². The Hall–Kier alpha value is -1.28. The van der Waals surface area contributed by atoms with Crippen molar-refractivity contribution in [2.24, 2.45) is 0 Å². The van der Waals surface area contributed by atoms with E-state index in [0.29, 0.717) is 0 Å². The second-order valence-electron chi connectivity index (χ2n) is 4.13. The SMILES string of the molecule is BrCCCCOc1ccc(-c2ccccc2)cc1. The van der Waals surface area contributed by atoms with E-state index < -0.39 is 0 Å². The first kappa shape index (κ1) is 13.2. The topological polar surface area (TPSA) is 9.23 Å². The van der Waals surface area contributed by atoms with Gasteiger partial charge in [0.2, 0.25) is 0 Å².